The Morgan fingerprint density at radius 1 is 0.338 bits per heavy atom. The molecule has 0 atom stereocenters. The van der Waals surface area contributed by atoms with Gasteiger partial charge in [0, 0.05) is 72.0 Å². The number of nitrogens with two attached hydrogens (primary N) is 1. The average molecular weight is 1910 g/mol. The van der Waals surface area contributed by atoms with E-state index in [0.717, 1.165) is 138 Å². The van der Waals surface area contributed by atoms with E-state index in [2.05, 4.69) is 161 Å². The van der Waals surface area contributed by atoms with E-state index in [1.165, 1.54) is 84.2 Å². The summed E-state index contributed by atoms with van der Waals surface area (Å²) in [6.45, 7) is 0. The number of nitro groups is 2. The minimum Gasteiger partial charge on any atom is -0.497 e. The Kier molecular flexibility index (Phi) is 30.3. The van der Waals surface area contributed by atoms with Crippen LogP contribution < -0.4 is 40.2 Å². The van der Waals surface area contributed by atoms with Gasteiger partial charge in [-0.3, -0.25) is 29.8 Å². The molecule has 139 heavy (non-hydrogen) atoms. The van der Waals surface area contributed by atoms with Gasteiger partial charge in [0.2, 0.25) is 0 Å². The van der Waals surface area contributed by atoms with E-state index in [-0.39, 0.29) is 27.7 Å². The molecule has 0 saturated carbocycles. The smallest absolute Gasteiger partial charge is 0.495 e. The zero-order valence-electron chi connectivity index (χ0n) is 76.1. The first-order chi connectivity index (χ1) is 67.7. The van der Waals surface area contributed by atoms with Gasteiger partial charge in [-0.05, 0) is 242 Å². The quantitative estimate of drug-likeness (QED) is 0.0186. The molecular weight excluding hydrogens is 1820 g/mol. The molecule has 22 rings (SSSR count). The summed E-state index contributed by atoms with van der Waals surface area (Å²) in [6, 6.07) is 138. The van der Waals surface area contributed by atoms with Gasteiger partial charge in [-0.25, -0.2) is 4.98 Å². The minimum absolute atomic E-state index is 0.0949. The molecule has 0 bridgehead atoms. The maximum atomic E-state index is 13.1. The van der Waals surface area contributed by atoms with Crippen molar-refractivity contribution in [3.63, 3.8) is 0 Å². The number of rotatable bonds is 15. The van der Waals surface area contributed by atoms with Crippen molar-refractivity contribution < 1.29 is 53.2 Å². The molecule has 0 fully saturated rings. The van der Waals surface area contributed by atoms with E-state index < -0.39 is 17.3 Å². The summed E-state index contributed by atoms with van der Waals surface area (Å²) in [5, 5.41) is 63.3. The third-order valence-corrected chi connectivity index (χ3v) is 24.6. The first-order valence-corrected chi connectivity index (χ1v) is 45.4. The number of ether oxygens (including phenoxy) is 5. The van der Waals surface area contributed by atoms with E-state index in [9.17, 15) is 29.8 Å². The van der Waals surface area contributed by atoms with Gasteiger partial charge < -0.3 is 44.8 Å². The molecular formula is C118H90BBrClN5O13. The Balaban J connectivity index is 0.000000121. The lowest BCUT2D eigenvalue weighted by Gasteiger charge is -2.14. The van der Waals surface area contributed by atoms with Crippen molar-refractivity contribution >= 4 is 182 Å². The molecule has 21 heteroatoms. The van der Waals surface area contributed by atoms with Gasteiger partial charge in [-0.2, -0.15) is 0 Å². The van der Waals surface area contributed by atoms with Gasteiger partial charge in [0.15, 0.2) is 0 Å². The second-order valence-corrected chi connectivity index (χ2v) is 33.3. The van der Waals surface area contributed by atoms with Crippen LogP contribution >= 0.6 is 27.5 Å². The number of hydrogen-bond donors (Lipinski definition) is 4. The van der Waals surface area contributed by atoms with Crippen molar-refractivity contribution in [2.24, 2.45) is 0 Å². The largest absolute Gasteiger partial charge is 0.497 e. The zero-order chi connectivity index (χ0) is 97.0. The first kappa shape index (κ1) is 95.0. The maximum Gasteiger partial charge on any atom is 0.495 e. The number of para-hydroxylation sites is 5. The summed E-state index contributed by atoms with van der Waals surface area (Å²) in [5.41, 5.74) is 17.5. The molecule has 1 aromatic heterocycles. The fourth-order valence-corrected chi connectivity index (χ4v) is 17.4. The van der Waals surface area contributed by atoms with E-state index >= 15 is 0 Å². The fourth-order valence-electron chi connectivity index (χ4n) is 16.8. The number of nitro benzene ring substituents is 2. The number of benzene rings is 21. The summed E-state index contributed by atoms with van der Waals surface area (Å²) < 4.78 is 27.6. The number of nitrogen functional groups attached to an aromatic ring is 1. The highest BCUT2D eigenvalue weighted by molar-refractivity contribution is 9.10. The highest BCUT2D eigenvalue weighted by Crippen LogP contribution is 2.43. The molecule has 0 aliphatic carbocycles. The maximum absolute atomic E-state index is 13.1. The van der Waals surface area contributed by atoms with Crippen molar-refractivity contribution in [3.8, 4) is 73.4 Å². The zero-order valence-corrected chi connectivity index (χ0v) is 78.4. The molecule has 682 valence electrons. The van der Waals surface area contributed by atoms with Crippen molar-refractivity contribution in [3.05, 3.63) is 460 Å². The van der Waals surface area contributed by atoms with Gasteiger partial charge in [-0.15, -0.1) is 0 Å². The number of hydrogen-bond acceptors (Lipinski definition) is 15. The molecule has 0 aliphatic heterocycles. The number of nitrogens with zero attached hydrogens (tertiary/aromatic N) is 3. The SMILES string of the molecule is COc1ccc2c(-c3ccccc3N)cccc2c1.COc1ccc2c(-c3ccccc3NC(=O)c3ccc4ccccc4c3)cccc2c1.COc1ccc2c(-c3ccccc3[N+](=O)[O-])cccc2c1.COc1ccc2c(Br)cccc2c1.COc1ccc2c(ccc3c(-c4ccc5ccccc5c4)nc4ccccc4c32)c1.O=C(Cl)c1ccc2ccccc2c1.O=[N+]([O-])c1ccccc1B(O)O. The molecule has 0 radical (unpaired) electrons. The number of carbonyl (C=O) groups is 2. The number of methoxy groups -OCH3 is 5. The highest BCUT2D eigenvalue weighted by Gasteiger charge is 2.24. The van der Waals surface area contributed by atoms with Crippen LogP contribution in [-0.2, 0) is 0 Å². The number of anilines is 2. The lowest BCUT2D eigenvalue weighted by molar-refractivity contribution is -0.384. The van der Waals surface area contributed by atoms with Crippen LogP contribution in [0.3, 0.4) is 0 Å². The van der Waals surface area contributed by atoms with Crippen molar-refractivity contribution in [1.82, 2.24) is 4.98 Å². The topological polar surface area (TPSA) is 258 Å². The van der Waals surface area contributed by atoms with E-state index in [0.29, 0.717) is 16.7 Å². The van der Waals surface area contributed by atoms with E-state index in [1.807, 2.05) is 231 Å². The number of carbonyl (C=O) groups excluding carboxylic acids is 2. The number of pyridine rings is 1. The number of amides is 1. The van der Waals surface area contributed by atoms with Crippen LogP contribution in [0, 0.1) is 20.2 Å². The Morgan fingerprint density at radius 3 is 1.22 bits per heavy atom. The molecule has 0 unspecified atom stereocenters. The lowest BCUT2D eigenvalue weighted by Crippen LogP contribution is -2.31. The number of halogens is 2. The number of aromatic nitrogens is 1. The summed E-state index contributed by atoms with van der Waals surface area (Å²) >= 11 is 8.87. The normalized spacial score (nSPS) is 10.7. The van der Waals surface area contributed by atoms with Crippen LogP contribution in [-0.4, -0.2) is 78.7 Å². The first-order valence-electron chi connectivity index (χ1n) is 44.2. The van der Waals surface area contributed by atoms with Crippen molar-refractivity contribution in [2.45, 2.75) is 0 Å². The van der Waals surface area contributed by atoms with Crippen LogP contribution in [0.1, 0.15) is 20.7 Å². The second-order valence-electron chi connectivity index (χ2n) is 32.1. The van der Waals surface area contributed by atoms with Gasteiger partial charge in [0.1, 0.15) is 28.7 Å². The van der Waals surface area contributed by atoms with Crippen LogP contribution in [0.25, 0.3) is 152 Å². The average Bonchev–Trinajstić information content (AvgIpc) is 0.734. The molecule has 0 spiro atoms. The third kappa shape index (κ3) is 22.1. The van der Waals surface area contributed by atoms with Crippen LogP contribution in [0.4, 0.5) is 22.7 Å². The lowest BCUT2D eigenvalue weighted by atomic mass is 9.79. The Hall–Kier alpha value is -17.1. The molecule has 18 nitrogen and oxygen atoms in total. The standard InChI is InChI=1S/C28H21NO2.C28H19NO.C17H13NO3.C17H15NO.C11H9BrO.C11H7ClO.C6H6BNO4/c1-31-23-15-16-24-21(18-23)9-6-11-25(24)26-10-4-5-12-27(26)29-28(30)22-14-13-19-7-2-3-8-20(19)17-22;1-30-22-13-15-23-20(17-22)12-14-25-27(23)24-8-4-5-9-26(24)29-28(25)21-11-10-18-6-2-3-7-19(18)16-21;1-21-13-9-10-14-12(11-13)5-4-7-15(14)16-6-2-3-8-17(16)18(19)20;1-19-13-9-10-14-12(11-13)5-4-7-15(14)16-6-2-3-8-17(16)18;1-13-9-5-6-10-8(7-9)3-2-4-11(10)12;12-11(13)10-6-5-8-3-1-2-4-9(8)7-10;9-7(10)5-3-1-2-4-6(5)8(11)12/h2-18H,1H3,(H,29,30);2-17H,1H3;2-11H,1H3;2-11H,18H2,1H3;2-7H,1H3;1-7H;1-4,9-10H. The van der Waals surface area contributed by atoms with Gasteiger partial charge in [0.25, 0.3) is 22.5 Å². The van der Waals surface area contributed by atoms with Crippen LogP contribution in [0.15, 0.2) is 429 Å². The molecule has 5 N–H and O–H groups in total. The summed E-state index contributed by atoms with van der Waals surface area (Å²) in [6.07, 6.45) is 0. The predicted octanol–water partition coefficient (Wildman–Crippen LogP) is 28.9. The summed E-state index contributed by atoms with van der Waals surface area (Å²) in [5.74, 6) is 4.09. The van der Waals surface area contributed by atoms with Crippen LogP contribution in [0.5, 0.6) is 28.7 Å². The van der Waals surface area contributed by atoms with Crippen molar-refractivity contribution in [2.75, 3.05) is 46.6 Å². The Bertz CT molecular complexity index is 8360. The second kappa shape index (κ2) is 44.4. The van der Waals surface area contributed by atoms with E-state index in [4.69, 9.17) is 56.1 Å². The molecule has 0 saturated heterocycles. The van der Waals surface area contributed by atoms with Gasteiger partial charge in [-0.1, -0.05) is 301 Å². The molecule has 21 aromatic carbocycles. The van der Waals surface area contributed by atoms with Gasteiger partial charge in [0.05, 0.1) is 67.6 Å². The monoisotopic (exact) mass is 1910 g/mol. The third-order valence-electron chi connectivity index (χ3n) is 23.7. The number of fused-ring (bicyclic) bond motifs is 12. The molecule has 1 heterocycles. The van der Waals surface area contributed by atoms with Gasteiger partial charge >= 0.3 is 7.12 Å². The Labute approximate surface area is 814 Å². The highest BCUT2D eigenvalue weighted by atomic mass is 79.9. The van der Waals surface area contributed by atoms with E-state index in [1.54, 1.807) is 59.8 Å². The summed E-state index contributed by atoms with van der Waals surface area (Å²) in [4.78, 5) is 49.5. The summed E-state index contributed by atoms with van der Waals surface area (Å²) in [7, 11) is 6.56. The molecule has 1 amide bonds. The predicted molar refractivity (Wildman–Crippen MR) is 572 cm³/mol. The molecule has 0 aliphatic rings. The molecule has 22 aromatic rings. The minimum atomic E-state index is -1.80. The number of nitrogens with one attached hydrogen (secondary N) is 1. The van der Waals surface area contributed by atoms with Crippen LogP contribution in [0.2, 0.25) is 0 Å². The Morgan fingerprint density at radius 2 is 0.705 bits per heavy atom. The fraction of sp³-hybridized carbons (Fsp3) is 0.0424. The van der Waals surface area contributed by atoms with Crippen molar-refractivity contribution in [1.29, 1.82) is 0 Å².